The molecule has 8 heteroatoms. The van der Waals surface area contributed by atoms with Crippen molar-refractivity contribution in [3.05, 3.63) is 58.7 Å². The molecule has 0 saturated carbocycles. The Hall–Kier alpha value is -2.87. The van der Waals surface area contributed by atoms with Gasteiger partial charge in [-0.3, -0.25) is 14.3 Å². The van der Waals surface area contributed by atoms with Gasteiger partial charge in [0.15, 0.2) is 0 Å². The van der Waals surface area contributed by atoms with Crippen LogP contribution in [0.4, 0.5) is 5.69 Å². The van der Waals surface area contributed by atoms with Gasteiger partial charge in [0, 0.05) is 30.9 Å². The summed E-state index contributed by atoms with van der Waals surface area (Å²) in [7, 11) is -3.76. The van der Waals surface area contributed by atoms with Gasteiger partial charge < -0.3 is 10.2 Å². The van der Waals surface area contributed by atoms with E-state index in [0.717, 1.165) is 24.8 Å². The Balaban J connectivity index is 1.70. The normalized spacial score (nSPS) is 16.4. The monoisotopic (exact) mass is 471 g/mol. The predicted molar refractivity (Wildman–Crippen MR) is 130 cm³/mol. The number of nitrogens with one attached hydrogen (secondary N) is 2. The molecule has 33 heavy (non-hydrogen) atoms. The maximum atomic E-state index is 13.0. The molecule has 1 saturated heterocycles. The summed E-state index contributed by atoms with van der Waals surface area (Å²) in [6.45, 7) is 9.15. The van der Waals surface area contributed by atoms with Crippen LogP contribution in [0.2, 0.25) is 0 Å². The average Bonchev–Trinajstić information content (AvgIpc) is 2.76. The molecule has 2 amide bonds. The summed E-state index contributed by atoms with van der Waals surface area (Å²) >= 11 is 0. The molecule has 2 aromatic carbocycles. The molecule has 3 rings (SSSR count). The minimum absolute atomic E-state index is 0.000738. The standard InChI is InChI=1S/C25H33N3O4S/c1-5-12-26-24(29)21-7-6-13-28(16-21)25(30)20-8-10-22(11-9-20)27-33(31,32)23-18(3)14-17(2)15-19(23)4/h8-11,14-15,21,27H,5-7,12-13,16H2,1-4H3,(H,26,29). The van der Waals surface area contributed by atoms with Crippen LogP contribution in [0.3, 0.4) is 0 Å². The molecule has 2 N–H and O–H groups in total. The van der Waals surface area contributed by atoms with Crippen molar-refractivity contribution in [1.82, 2.24) is 10.2 Å². The second-order valence-corrected chi connectivity index (χ2v) is 10.4. The van der Waals surface area contributed by atoms with Crippen LogP contribution in [0.5, 0.6) is 0 Å². The number of rotatable bonds is 7. The van der Waals surface area contributed by atoms with Crippen LogP contribution in [0.15, 0.2) is 41.3 Å². The molecule has 1 fully saturated rings. The van der Waals surface area contributed by atoms with E-state index in [9.17, 15) is 18.0 Å². The van der Waals surface area contributed by atoms with Gasteiger partial charge in [0.1, 0.15) is 0 Å². The molecule has 1 aliphatic rings. The van der Waals surface area contributed by atoms with E-state index in [2.05, 4.69) is 10.0 Å². The lowest BCUT2D eigenvalue weighted by Gasteiger charge is -2.32. The number of carbonyl (C=O) groups is 2. The zero-order valence-electron chi connectivity index (χ0n) is 19.8. The Kier molecular flexibility index (Phi) is 7.79. The van der Waals surface area contributed by atoms with Gasteiger partial charge in [-0.25, -0.2) is 8.42 Å². The third kappa shape index (κ3) is 5.93. The highest BCUT2D eigenvalue weighted by atomic mass is 32.2. The lowest BCUT2D eigenvalue weighted by molar-refractivity contribution is -0.126. The van der Waals surface area contributed by atoms with Crippen LogP contribution in [0.25, 0.3) is 0 Å². The molecule has 7 nitrogen and oxygen atoms in total. The van der Waals surface area contributed by atoms with Crippen molar-refractivity contribution in [2.45, 2.75) is 51.9 Å². The van der Waals surface area contributed by atoms with Gasteiger partial charge in [0.25, 0.3) is 15.9 Å². The van der Waals surface area contributed by atoms with Gasteiger partial charge in [-0.15, -0.1) is 0 Å². The molecule has 1 unspecified atom stereocenters. The summed E-state index contributed by atoms with van der Waals surface area (Å²) in [6, 6.07) is 10.1. The van der Waals surface area contributed by atoms with Crippen molar-refractivity contribution < 1.29 is 18.0 Å². The highest BCUT2D eigenvalue weighted by molar-refractivity contribution is 7.92. The Morgan fingerprint density at radius 1 is 1.06 bits per heavy atom. The van der Waals surface area contributed by atoms with Gasteiger partial charge >= 0.3 is 0 Å². The summed E-state index contributed by atoms with van der Waals surface area (Å²) in [4.78, 5) is 27.3. The van der Waals surface area contributed by atoms with Gasteiger partial charge in [-0.1, -0.05) is 24.6 Å². The molecule has 1 atom stereocenters. The molecular formula is C25H33N3O4S. The number of anilines is 1. The summed E-state index contributed by atoms with van der Waals surface area (Å²) in [6.07, 6.45) is 2.43. The van der Waals surface area contributed by atoms with Gasteiger partial charge in [-0.2, -0.15) is 0 Å². The minimum atomic E-state index is -3.76. The fourth-order valence-electron chi connectivity index (χ4n) is 4.43. The number of carbonyl (C=O) groups excluding carboxylic acids is 2. The largest absolute Gasteiger partial charge is 0.356 e. The Morgan fingerprint density at radius 3 is 2.30 bits per heavy atom. The second kappa shape index (κ2) is 10.4. The molecule has 0 bridgehead atoms. The van der Waals surface area contributed by atoms with E-state index in [1.165, 1.54) is 0 Å². The SMILES string of the molecule is CCCNC(=O)C1CCCN(C(=O)c2ccc(NS(=O)(=O)c3c(C)cc(C)cc3C)cc2)C1. The van der Waals surface area contributed by atoms with Crippen LogP contribution in [-0.4, -0.2) is 44.8 Å². The number of hydrogen-bond acceptors (Lipinski definition) is 4. The molecule has 0 spiro atoms. The van der Waals surface area contributed by atoms with E-state index in [4.69, 9.17) is 0 Å². The first-order chi connectivity index (χ1) is 15.6. The second-order valence-electron chi connectivity index (χ2n) is 8.79. The summed E-state index contributed by atoms with van der Waals surface area (Å²) in [5.41, 5.74) is 3.25. The Bertz CT molecular complexity index is 1100. The first kappa shape index (κ1) is 24.8. The van der Waals surface area contributed by atoms with Crippen LogP contribution >= 0.6 is 0 Å². The van der Waals surface area contributed by atoms with Crippen LogP contribution in [0, 0.1) is 26.7 Å². The average molecular weight is 472 g/mol. The fraction of sp³-hybridized carbons (Fsp3) is 0.440. The topological polar surface area (TPSA) is 95.6 Å². The zero-order valence-corrected chi connectivity index (χ0v) is 20.6. The Labute approximate surface area is 196 Å². The molecule has 178 valence electrons. The predicted octanol–water partition coefficient (Wildman–Crippen LogP) is 3.79. The van der Waals surface area contributed by atoms with Gasteiger partial charge in [0.2, 0.25) is 5.91 Å². The summed E-state index contributed by atoms with van der Waals surface area (Å²) < 4.78 is 28.6. The van der Waals surface area contributed by atoms with E-state index in [-0.39, 0.29) is 22.6 Å². The molecule has 1 heterocycles. The summed E-state index contributed by atoms with van der Waals surface area (Å²) in [5, 5.41) is 2.91. The first-order valence-electron chi connectivity index (χ1n) is 11.4. The van der Waals surface area contributed by atoms with Crippen molar-refractivity contribution in [1.29, 1.82) is 0 Å². The fourth-order valence-corrected chi connectivity index (χ4v) is 5.94. The van der Waals surface area contributed by atoms with E-state index in [1.54, 1.807) is 43.0 Å². The molecule has 0 aliphatic carbocycles. The molecule has 0 radical (unpaired) electrons. The number of benzene rings is 2. The van der Waals surface area contributed by atoms with Crippen molar-refractivity contribution >= 4 is 27.5 Å². The van der Waals surface area contributed by atoms with Crippen molar-refractivity contribution in [3.63, 3.8) is 0 Å². The smallest absolute Gasteiger partial charge is 0.262 e. The van der Waals surface area contributed by atoms with Crippen molar-refractivity contribution in [3.8, 4) is 0 Å². The van der Waals surface area contributed by atoms with Crippen LogP contribution in [-0.2, 0) is 14.8 Å². The lowest BCUT2D eigenvalue weighted by Crippen LogP contribution is -2.45. The lowest BCUT2D eigenvalue weighted by atomic mass is 9.96. The molecule has 1 aliphatic heterocycles. The number of nitrogens with zero attached hydrogens (tertiary/aromatic N) is 1. The third-order valence-electron chi connectivity index (χ3n) is 5.89. The molecular weight excluding hydrogens is 438 g/mol. The maximum Gasteiger partial charge on any atom is 0.262 e. The zero-order chi connectivity index (χ0) is 24.2. The molecule has 0 aromatic heterocycles. The van der Waals surface area contributed by atoms with Crippen LogP contribution in [0.1, 0.15) is 53.2 Å². The quantitative estimate of drug-likeness (QED) is 0.642. The summed E-state index contributed by atoms with van der Waals surface area (Å²) in [5.74, 6) is -0.343. The van der Waals surface area contributed by atoms with Gasteiger partial charge in [0.05, 0.1) is 10.8 Å². The van der Waals surface area contributed by atoms with Crippen molar-refractivity contribution in [2.24, 2.45) is 5.92 Å². The maximum absolute atomic E-state index is 13.0. The highest BCUT2D eigenvalue weighted by Crippen LogP contribution is 2.25. The number of aryl methyl sites for hydroxylation is 3. The third-order valence-corrected chi connectivity index (χ3v) is 7.57. The number of likely N-dealkylation sites (tertiary alicyclic amines) is 1. The minimum Gasteiger partial charge on any atom is -0.356 e. The van der Waals surface area contributed by atoms with Gasteiger partial charge in [-0.05, 0) is 75.4 Å². The Morgan fingerprint density at radius 2 is 1.70 bits per heavy atom. The highest BCUT2D eigenvalue weighted by Gasteiger charge is 2.29. The van der Waals surface area contributed by atoms with E-state index in [1.807, 2.05) is 26.0 Å². The number of piperidine rings is 1. The van der Waals surface area contributed by atoms with E-state index < -0.39 is 10.0 Å². The first-order valence-corrected chi connectivity index (χ1v) is 12.9. The number of hydrogen-bond donors (Lipinski definition) is 2. The van der Waals surface area contributed by atoms with Crippen LogP contribution < -0.4 is 10.0 Å². The van der Waals surface area contributed by atoms with Crippen molar-refractivity contribution in [2.75, 3.05) is 24.4 Å². The molecule has 2 aromatic rings. The van der Waals surface area contributed by atoms with E-state index >= 15 is 0 Å². The van der Waals surface area contributed by atoms with E-state index in [0.29, 0.717) is 42.0 Å². The number of amides is 2. The number of sulfonamides is 1.